The zero-order valence-electron chi connectivity index (χ0n) is 28.8. The normalized spacial score (nSPS) is 18.3. The van der Waals surface area contributed by atoms with Crippen molar-refractivity contribution in [3.8, 4) is 27.9 Å². The molecule has 0 bridgehead atoms. The molecule has 2 unspecified atom stereocenters. The predicted molar refractivity (Wildman–Crippen MR) is 217 cm³/mol. The summed E-state index contributed by atoms with van der Waals surface area (Å²) in [6.45, 7) is 2.29. The Kier molecular flexibility index (Phi) is 5.51. The quantitative estimate of drug-likeness (QED) is 0.174. The minimum atomic E-state index is -0.500. The van der Waals surface area contributed by atoms with Crippen LogP contribution in [0.4, 0.5) is 0 Å². The predicted octanol–water partition coefficient (Wildman–Crippen LogP) is 12.7. The number of para-hydroxylation sites is 4. The molecule has 2 aliphatic carbocycles. The summed E-state index contributed by atoms with van der Waals surface area (Å²) >= 11 is 0. The number of aromatic nitrogens is 2. The molecule has 7 aromatic carbocycles. The Morgan fingerprint density at radius 3 is 2.00 bits per heavy atom. The molecule has 1 aliphatic heterocycles. The van der Waals surface area contributed by atoms with E-state index in [1.54, 1.807) is 0 Å². The summed E-state index contributed by atoms with van der Waals surface area (Å²) < 4.78 is 4.99. The van der Waals surface area contributed by atoms with Gasteiger partial charge in [0.2, 0.25) is 0 Å². The van der Waals surface area contributed by atoms with E-state index < -0.39 is 5.41 Å². The fraction of sp³-hybridized carbons (Fsp3) is 0.0800. The molecule has 2 nitrogen and oxygen atoms in total. The maximum atomic E-state index is 2.53. The van der Waals surface area contributed by atoms with E-state index >= 15 is 0 Å². The van der Waals surface area contributed by atoms with Gasteiger partial charge >= 0.3 is 0 Å². The van der Waals surface area contributed by atoms with Crippen LogP contribution in [0.15, 0.2) is 170 Å². The number of rotatable bonds is 2. The van der Waals surface area contributed by atoms with Crippen LogP contribution < -0.4 is 0 Å². The van der Waals surface area contributed by atoms with E-state index in [4.69, 9.17) is 0 Å². The number of nitrogens with zero attached hydrogens (tertiary/aromatic N) is 2. The first-order chi connectivity index (χ1) is 25.7. The van der Waals surface area contributed by atoms with E-state index in [-0.39, 0.29) is 0 Å². The lowest BCUT2D eigenvalue weighted by Crippen LogP contribution is -2.34. The van der Waals surface area contributed by atoms with Crippen molar-refractivity contribution in [3.05, 3.63) is 192 Å². The van der Waals surface area contributed by atoms with Gasteiger partial charge in [-0.05, 0) is 93.3 Å². The molecule has 0 amide bonds. The topological polar surface area (TPSA) is 9.86 Å². The Labute approximate surface area is 302 Å². The summed E-state index contributed by atoms with van der Waals surface area (Å²) in [5.74, 6) is 0.567. The van der Waals surface area contributed by atoms with Gasteiger partial charge in [0, 0.05) is 27.2 Å². The van der Waals surface area contributed by atoms with Crippen LogP contribution in [-0.4, -0.2) is 9.13 Å². The fourth-order valence-corrected chi connectivity index (χ4v) is 10.2. The Hall–Kier alpha value is -6.38. The minimum absolute atomic E-state index is 0.500. The fourth-order valence-electron chi connectivity index (χ4n) is 10.2. The van der Waals surface area contributed by atoms with Gasteiger partial charge in [0.1, 0.15) is 0 Å². The van der Waals surface area contributed by atoms with Crippen molar-refractivity contribution in [3.63, 3.8) is 0 Å². The Morgan fingerprint density at radius 1 is 0.519 bits per heavy atom. The van der Waals surface area contributed by atoms with Crippen molar-refractivity contribution in [1.82, 2.24) is 9.13 Å². The second-order valence-corrected chi connectivity index (χ2v) is 14.9. The van der Waals surface area contributed by atoms with Crippen molar-refractivity contribution in [1.29, 1.82) is 0 Å². The average molecular weight is 663 g/mol. The van der Waals surface area contributed by atoms with Crippen molar-refractivity contribution < 1.29 is 0 Å². The first kappa shape index (κ1) is 28.3. The summed E-state index contributed by atoms with van der Waals surface area (Å²) in [6, 6.07) is 57.3. The summed E-state index contributed by atoms with van der Waals surface area (Å²) in [5.41, 5.74) is 17.7. The van der Waals surface area contributed by atoms with Crippen LogP contribution in [0.2, 0.25) is 0 Å². The highest BCUT2D eigenvalue weighted by atomic mass is 15.0. The highest BCUT2D eigenvalue weighted by Gasteiger charge is 2.51. The van der Waals surface area contributed by atoms with Gasteiger partial charge in [-0.1, -0.05) is 140 Å². The molecule has 2 atom stereocenters. The molecule has 3 heterocycles. The number of hydrogen-bond acceptors (Lipinski definition) is 0. The van der Waals surface area contributed by atoms with E-state index in [1.807, 2.05) is 0 Å². The highest BCUT2D eigenvalue weighted by molar-refractivity contribution is 6.14. The first-order valence-corrected chi connectivity index (χ1v) is 18.5. The van der Waals surface area contributed by atoms with Crippen molar-refractivity contribution >= 4 is 49.3 Å². The maximum Gasteiger partial charge on any atom is 0.0760 e. The van der Waals surface area contributed by atoms with Gasteiger partial charge in [-0.15, -0.1) is 0 Å². The molecule has 0 radical (unpaired) electrons. The van der Waals surface area contributed by atoms with Crippen molar-refractivity contribution in [2.24, 2.45) is 5.92 Å². The van der Waals surface area contributed by atoms with E-state index in [0.29, 0.717) is 5.92 Å². The molecule has 2 heteroatoms. The molecule has 1 spiro atoms. The minimum Gasteiger partial charge on any atom is -0.310 e. The van der Waals surface area contributed by atoms with Crippen LogP contribution in [-0.2, 0) is 5.41 Å². The number of benzene rings is 7. The molecule has 2 aromatic heterocycles. The number of allylic oxidation sites excluding steroid dienone is 4. The maximum absolute atomic E-state index is 2.53. The van der Waals surface area contributed by atoms with E-state index in [9.17, 15) is 0 Å². The van der Waals surface area contributed by atoms with Gasteiger partial charge in [0.15, 0.2) is 0 Å². The van der Waals surface area contributed by atoms with Crippen molar-refractivity contribution in [2.75, 3.05) is 0 Å². The average Bonchev–Trinajstić information content (AvgIpc) is 3.82. The van der Waals surface area contributed by atoms with Gasteiger partial charge in [-0.2, -0.15) is 0 Å². The van der Waals surface area contributed by atoms with Crippen LogP contribution in [0, 0.1) is 5.92 Å². The second kappa shape index (κ2) is 10.1. The molecule has 9 aromatic rings. The summed E-state index contributed by atoms with van der Waals surface area (Å²) in [7, 11) is 0. The van der Waals surface area contributed by atoms with Crippen molar-refractivity contribution in [2.45, 2.75) is 18.8 Å². The third-order valence-electron chi connectivity index (χ3n) is 12.2. The highest BCUT2D eigenvalue weighted by Crippen LogP contribution is 2.63. The van der Waals surface area contributed by atoms with Gasteiger partial charge in [0.25, 0.3) is 0 Å². The van der Waals surface area contributed by atoms with Crippen LogP contribution in [0.5, 0.6) is 0 Å². The van der Waals surface area contributed by atoms with Crippen LogP contribution >= 0.6 is 0 Å². The Morgan fingerprint density at radius 2 is 1.15 bits per heavy atom. The molecule has 0 fully saturated rings. The molecule has 52 heavy (non-hydrogen) atoms. The molecule has 0 N–H and O–H groups in total. The zero-order valence-corrected chi connectivity index (χ0v) is 28.8. The molecule has 0 saturated carbocycles. The van der Waals surface area contributed by atoms with Gasteiger partial charge in [-0.25, -0.2) is 0 Å². The Bertz CT molecular complexity index is 3070. The monoisotopic (exact) mass is 662 g/mol. The number of fused-ring (bicyclic) bond motifs is 15. The van der Waals surface area contributed by atoms with E-state index in [0.717, 1.165) is 6.42 Å². The third-order valence-corrected chi connectivity index (χ3v) is 12.2. The van der Waals surface area contributed by atoms with E-state index in [2.05, 4.69) is 186 Å². The summed E-state index contributed by atoms with van der Waals surface area (Å²) in [6.07, 6.45) is 8.11. The summed E-state index contributed by atoms with van der Waals surface area (Å²) in [5, 5.41) is 5.18. The van der Waals surface area contributed by atoms with Crippen LogP contribution in [0.25, 0.3) is 77.2 Å². The SMILES string of the molecule is CC1C=CC(n2c3ccccc3c3cc(-c4cccc5c4C4(c6ccccc6-5)c5ccccc5-n5c6ccccc6c6cccc4c65)ccc32)=CC1. The van der Waals surface area contributed by atoms with Gasteiger partial charge in [-0.3, -0.25) is 0 Å². The van der Waals surface area contributed by atoms with Gasteiger partial charge in [0.05, 0.1) is 33.2 Å². The van der Waals surface area contributed by atoms with Crippen LogP contribution in [0.1, 0.15) is 35.6 Å². The lowest BCUT2D eigenvalue weighted by Gasteiger charge is -2.40. The number of hydrogen-bond donors (Lipinski definition) is 0. The largest absolute Gasteiger partial charge is 0.310 e. The zero-order chi connectivity index (χ0) is 34.1. The Balaban J connectivity index is 1.20. The molecular weight excluding hydrogens is 629 g/mol. The molecule has 244 valence electrons. The molecule has 3 aliphatic rings. The second-order valence-electron chi connectivity index (χ2n) is 14.9. The standard InChI is InChI=1S/C50H34N2/c1-31-24-27-33(28-25-31)51-44-21-7-4-14-37(44)40-30-32(26-29-46(40)51)34-15-10-16-38-35-12-2-5-18-41(35)50(48(34)38)42-19-6-9-23-47(42)52-45-22-8-3-13-36(45)39-17-11-20-43(50)49(39)52/h2-24,26-31H,25H2,1H3. The third kappa shape index (κ3) is 3.40. The molecular formula is C50H34N2. The summed E-state index contributed by atoms with van der Waals surface area (Å²) in [4.78, 5) is 0. The van der Waals surface area contributed by atoms with Gasteiger partial charge < -0.3 is 9.13 Å². The lowest BCUT2D eigenvalue weighted by molar-refractivity contribution is 0.735. The first-order valence-electron chi connectivity index (χ1n) is 18.5. The molecule has 0 saturated heterocycles. The smallest absolute Gasteiger partial charge is 0.0760 e. The lowest BCUT2D eigenvalue weighted by atomic mass is 9.64. The molecule has 12 rings (SSSR count). The van der Waals surface area contributed by atoms with Crippen LogP contribution in [0.3, 0.4) is 0 Å². The van der Waals surface area contributed by atoms with E-state index in [1.165, 1.54) is 99.5 Å².